The Morgan fingerprint density at radius 2 is 1.77 bits per heavy atom. The van der Waals surface area contributed by atoms with Crippen LogP contribution in [0.4, 0.5) is 11.5 Å². The number of hydrogen-bond donors (Lipinski definition) is 2. The molecule has 0 unspecified atom stereocenters. The predicted molar refractivity (Wildman–Crippen MR) is 104 cm³/mol. The van der Waals surface area contributed by atoms with Crippen molar-refractivity contribution in [2.45, 2.75) is 26.7 Å². The van der Waals surface area contributed by atoms with Crippen LogP contribution in [0.1, 0.15) is 26.7 Å². The maximum absolute atomic E-state index is 12.1. The van der Waals surface area contributed by atoms with E-state index in [1.165, 1.54) is 0 Å². The van der Waals surface area contributed by atoms with Crippen LogP contribution in [0.2, 0.25) is 0 Å². The lowest BCUT2D eigenvalue weighted by Crippen LogP contribution is -2.22. The first-order valence-electron chi connectivity index (χ1n) is 8.93. The van der Waals surface area contributed by atoms with Gasteiger partial charge in [0.05, 0.1) is 19.0 Å². The molecule has 0 saturated heterocycles. The van der Waals surface area contributed by atoms with Crippen LogP contribution in [0.25, 0.3) is 0 Å². The van der Waals surface area contributed by atoms with Gasteiger partial charge >= 0.3 is 0 Å². The Morgan fingerprint density at radius 3 is 2.35 bits per heavy atom. The van der Waals surface area contributed by atoms with Gasteiger partial charge < -0.3 is 20.1 Å². The number of anilines is 2. The fraction of sp³-hybridized carbons (Fsp3) is 0.400. The average molecular weight is 357 g/mol. The molecule has 0 saturated carbocycles. The van der Waals surface area contributed by atoms with E-state index >= 15 is 0 Å². The molecule has 0 spiro atoms. The van der Waals surface area contributed by atoms with Crippen LogP contribution >= 0.6 is 0 Å². The summed E-state index contributed by atoms with van der Waals surface area (Å²) in [5.74, 6) is 2.23. The molecule has 2 rings (SSSR count). The van der Waals surface area contributed by atoms with Gasteiger partial charge in [-0.15, -0.1) is 0 Å². The summed E-state index contributed by atoms with van der Waals surface area (Å²) >= 11 is 0. The molecule has 0 aliphatic carbocycles. The van der Waals surface area contributed by atoms with Gasteiger partial charge in [-0.3, -0.25) is 4.79 Å². The monoisotopic (exact) mass is 357 g/mol. The van der Waals surface area contributed by atoms with Gasteiger partial charge in [-0.1, -0.05) is 13.8 Å². The van der Waals surface area contributed by atoms with Crippen LogP contribution in [0.5, 0.6) is 11.5 Å². The van der Waals surface area contributed by atoms with Crippen molar-refractivity contribution in [2.24, 2.45) is 5.92 Å². The highest BCUT2D eigenvalue weighted by atomic mass is 16.5. The average Bonchev–Trinajstić information content (AvgIpc) is 2.68. The molecule has 140 valence electrons. The molecule has 1 aromatic heterocycles. The predicted octanol–water partition coefficient (Wildman–Crippen LogP) is 3.96. The molecular weight excluding hydrogens is 330 g/mol. The fourth-order valence-corrected chi connectivity index (χ4v) is 2.50. The first-order chi connectivity index (χ1) is 12.7. The second-order valence-corrected chi connectivity index (χ2v) is 5.89. The summed E-state index contributed by atoms with van der Waals surface area (Å²) in [5.41, 5.74) is 0.879. The van der Waals surface area contributed by atoms with Gasteiger partial charge in [0.2, 0.25) is 5.91 Å². The van der Waals surface area contributed by atoms with E-state index in [2.05, 4.69) is 15.6 Å². The third-order valence-electron chi connectivity index (χ3n) is 4.13. The van der Waals surface area contributed by atoms with Crippen molar-refractivity contribution in [3.05, 3.63) is 42.6 Å². The zero-order chi connectivity index (χ0) is 18.8. The Bertz CT molecular complexity index is 668. The highest BCUT2D eigenvalue weighted by Gasteiger charge is 2.14. The van der Waals surface area contributed by atoms with E-state index in [1.54, 1.807) is 19.4 Å². The van der Waals surface area contributed by atoms with E-state index in [4.69, 9.17) is 9.47 Å². The van der Waals surface area contributed by atoms with Gasteiger partial charge in [-0.25, -0.2) is 4.98 Å². The molecule has 0 aliphatic heterocycles. The van der Waals surface area contributed by atoms with Crippen molar-refractivity contribution in [1.82, 2.24) is 4.98 Å². The molecular formula is C20H27N3O3. The molecule has 1 heterocycles. The molecule has 2 aromatic rings. The molecule has 1 amide bonds. The van der Waals surface area contributed by atoms with Gasteiger partial charge in [-0.05, 0) is 49.2 Å². The van der Waals surface area contributed by atoms with Crippen LogP contribution < -0.4 is 20.1 Å². The third kappa shape index (κ3) is 5.95. The molecule has 26 heavy (non-hydrogen) atoms. The van der Waals surface area contributed by atoms with Gasteiger partial charge in [0.1, 0.15) is 23.9 Å². The summed E-state index contributed by atoms with van der Waals surface area (Å²) in [6.07, 6.45) is 3.36. The number of hydrogen-bond acceptors (Lipinski definition) is 5. The quantitative estimate of drug-likeness (QED) is 0.630. The lowest BCUT2D eigenvalue weighted by atomic mass is 10.0. The number of pyridine rings is 1. The number of aromatic nitrogens is 1. The van der Waals surface area contributed by atoms with Crippen molar-refractivity contribution in [3.8, 4) is 11.5 Å². The number of benzene rings is 1. The molecule has 0 fully saturated rings. The number of carbonyl (C=O) groups excluding carboxylic acids is 1. The SMILES string of the molecule is CCC(CC)C(=O)Nc1ccc(NCCOc2ccc(OC)cc2)cn1. The molecule has 0 bridgehead atoms. The minimum atomic E-state index is 0.0242. The third-order valence-corrected chi connectivity index (χ3v) is 4.13. The van der Waals surface area contributed by atoms with Crippen molar-refractivity contribution in [1.29, 1.82) is 0 Å². The second-order valence-electron chi connectivity index (χ2n) is 5.89. The van der Waals surface area contributed by atoms with Gasteiger partial charge in [0.25, 0.3) is 0 Å². The Kier molecular flexibility index (Phi) is 7.74. The number of methoxy groups -OCH3 is 1. The minimum Gasteiger partial charge on any atom is -0.497 e. The molecule has 0 radical (unpaired) electrons. The second kappa shape index (κ2) is 10.3. The normalized spacial score (nSPS) is 10.5. The van der Waals surface area contributed by atoms with Gasteiger partial charge in [-0.2, -0.15) is 0 Å². The van der Waals surface area contributed by atoms with Crippen molar-refractivity contribution in [2.75, 3.05) is 30.9 Å². The van der Waals surface area contributed by atoms with Crippen LogP contribution in [-0.4, -0.2) is 31.2 Å². The summed E-state index contributed by atoms with van der Waals surface area (Å²) < 4.78 is 10.8. The van der Waals surface area contributed by atoms with Crippen molar-refractivity contribution < 1.29 is 14.3 Å². The maximum atomic E-state index is 12.1. The van der Waals surface area contributed by atoms with Crippen LogP contribution in [-0.2, 0) is 4.79 Å². The molecule has 1 aromatic carbocycles. The molecule has 0 atom stereocenters. The fourth-order valence-electron chi connectivity index (χ4n) is 2.50. The van der Waals surface area contributed by atoms with E-state index in [0.29, 0.717) is 19.0 Å². The zero-order valence-corrected chi connectivity index (χ0v) is 15.6. The highest BCUT2D eigenvalue weighted by Crippen LogP contribution is 2.17. The number of rotatable bonds is 10. The topological polar surface area (TPSA) is 72.5 Å². The van der Waals surface area contributed by atoms with Crippen LogP contribution in [0, 0.1) is 5.92 Å². The molecule has 6 nitrogen and oxygen atoms in total. The summed E-state index contributed by atoms with van der Waals surface area (Å²) in [4.78, 5) is 16.3. The van der Waals surface area contributed by atoms with Gasteiger partial charge in [0.15, 0.2) is 0 Å². The Hall–Kier alpha value is -2.76. The number of nitrogens with one attached hydrogen (secondary N) is 2. The molecule has 0 aliphatic rings. The van der Waals surface area contributed by atoms with E-state index in [0.717, 1.165) is 30.0 Å². The zero-order valence-electron chi connectivity index (χ0n) is 15.6. The van der Waals surface area contributed by atoms with E-state index in [1.807, 2.05) is 44.2 Å². The van der Waals surface area contributed by atoms with E-state index in [-0.39, 0.29) is 11.8 Å². The molecule has 6 heteroatoms. The first-order valence-corrected chi connectivity index (χ1v) is 8.93. The number of nitrogens with zero attached hydrogens (tertiary/aromatic N) is 1. The first kappa shape index (κ1) is 19.6. The standard InChI is InChI=1S/C20H27N3O3/c1-4-15(5-2)20(24)23-19-11-6-16(14-22-19)21-12-13-26-18-9-7-17(25-3)8-10-18/h6-11,14-15,21H,4-5,12-13H2,1-3H3,(H,22,23,24). The van der Waals surface area contributed by atoms with Crippen molar-refractivity contribution in [3.63, 3.8) is 0 Å². The highest BCUT2D eigenvalue weighted by molar-refractivity contribution is 5.91. The summed E-state index contributed by atoms with van der Waals surface area (Å²) in [6, 6.07) is 11.2. The lowest BCUT2D eigenvalue weighted by Gasteiger charge is -2.13. The largest absolute Gasteiger partial charge is 0.497 e. The maximum Gasteiger partial charge on any atom is 0.228 e. The summed E-state index contributed by atoms with van der Waals surface area (Å²) in [6.45, 7) is 5.21. The Labute approximate surface area is 154 Å². The van der Waals surface area contributed by atoms with Gasteiger partial charge in [0, 0.05) is 12.5 Å². The Balaban J connectivity index is 1.73. The summed E-state index contributed by atoms with van der Waals surface area (Å²) in [7, 11) is 1.64. The van der Waals surface area contributed by atoms with Crippen LogP contribution in [0.3, 0.4) is 0 Å². The van der Waals surface area contributed by atoms with Crippen molar-refractivity contribution >= 4 is 17.4 Å². The van der Waals surface area contributed by atoms with E-state index < -0.39 is 0 Å². The lowest BCUT2D eigenvalue weighted by molar-refractivity contribution is -0.120. The van der Waals surface area contributed by atoms with Crippen LogP contribution in [0.15, 0.2) is 42.6 Å². The number of carbonyl (C=O) groups is 1. The molecule has 2 N–H and O–H groups in total. The smallest absolute Gasteiger partial charge is 0.228 e. The minimum absolute atomic E-state index is 0.0242. The van der Waals surface area contributed by atoms with E-state index in [9.17, 15) is 4.79 Å². The number of amides is 1. The summed E-state index contributed by atoms with van der Waals surface area (Å²) in [5, 5.41) is 6.09. The Morgan fingerprint density at radius 1 is 1.08 bits per heavy atom. The number of ether oxygens (including phenoxy) is 2.